The largest absolute Gasteiger partial charge is 0.469 e. The summed E-state index contributed by atoms with van der Waals surface area (Å²) in [5.74, 6) is 0.479. The van der Waals surface area contributed by atoms with Crippen molar-refractivity contribution in [2.45, 2.75) is 19.3 Å². The van der Waals surface area contributed by atoms with Gasteiger partial charge in [0.25, 0.3) is 0 Å². The Morgan fingerprint density at radius 3 is 2.67 bits per heavy atom. The molecule has 0 aliphatic carbocycles. The first kappa shape index (κ1) is 25.4. The van der Waals surface area contributed by atoms with Crippen LogP contribution in [-0.2, 0) is 14.3 Å². The predicted octanol–water partition coefficient (Wildman–Crippen LogP) is 4.01. The maximum Gasteiger partial charge on any atom is 0.305 e. The third-order valence-electron chi connectivity index (χ3n) is 7.24. The molecular formula is C29H30N8O3. The number of rotatable bonds is 8. The number of aromatic amines is 1. The Kier molecular flexibility index (Phi) is 7.00. The summed E-state index contributed by atoms with van der Waals surface area (Å²) in [6.45, 7) is 2.84. The number of nitrogens with one attached hydrogen (secondary N) is 2. The average molecular weight is 539 g/mol. The standard InChI is InChI=1S/C29H30N8O3/c1-40-27(39)4-2-3-26(38)36-15-13-35(14-16-36)23-9-7-22(8-10-23)32-28-29-30-11-12-37(29)19-25(33-28)20-5-6-21-18-31-34-24(21)17-20/h5-12,17-19H,2-4,13-16H2,1H3,(H,31,34)(H,32,33). The Bertz CT molecular complexity index is 1650. The van der Waals surface area contributed by atoms with Crippen LogP contribution in [0.4, 0.5) is 17.2 Å². The van der Waals surface area contributed by atoms with Crippen LogP contribution in [0.2, 0.25) is 0 Å². The second kappa shape index (κ2) is 11.0. The average Bonchev–Trinajstić information content (AvgIpc) is 3.67. The van der Waals surface area contributed by atoms with Gasteiger partial charge in [0.05, 0.1) is 24.5 Å². The van der Waals surface area contributed by atoms with Crippen LogP contribution in [0.15, 0.2) is 67.3 Å². The molecule has 2 aromatic carbocycles. The number of hydrogen-bond donors (Lipinski definition) is 2. The first-order chi connectivity index (χ1) is 19.6. The van der Waals surface area contributed by atoms with E-state index >= 15 is 0 Å². The van der Waals surface area contributed by atoms with Crippen LogP contribution in [0.5, 0.6) is 0 Å². The molecule has 0 spiro atoms. The van der Waals surface area contributed by atoms with Gasteiger partial charge in [0, 0.05) is 79.9 Å². The minimum atomic E-state index is -0.277. The molecule has 0 bridgehead atoms. The van der Waals surface area contributed by atoms with Crippen LogP contribution in [0, 0.1) is 0 Å². The van der Waals surface area contributed by atoms with Gasteiger partial charge < -0.3 is 24.3 Å². The summed E-state index contributed by atoms with van der Waals surface area (Å²) in [4.78, 5) is 37.3. The number of hydrogen-bond acceptors (Lipinski definition) is 8. The number of nitrogens with zero attached hydrogens (tertiary/aromatic N) is 6. The van der Waals surface area contributed by atoms with Crippen molar-refractivity contribution in [3.05, 3.63) is 67.3 Å². The Hall–Kier alpha value is -4.93. The normalized spacial score (nSPS) is 13.6. The Morgan fingerprint density at radius 1 is 1.05 bits per heavy atom. The molecule has 0 atom stereocenters. The molecule has 40 heavy (non-hydrogen) atoms. The van der Waals surface area contributed by atoms with Gasteiger partial charge in [-0.1, -0.05) is 12.1 Å². The Labute approximate surface area is 230 Å². The van der Waals surface area contributed by atoms with E-state index in [0.717, 1.165) is 52.3 Å². The van der Waals surface area contributed by atoms with E-state index in [1.807, 2.05) is 52.0 Å². The van der Waals surface area contributed by atoms with Gasteiger partial charge in [-0.05, 0) is 36.8 Å². The van der Waals surface area contributed by atoms with Crippen LogP contribution in [-0.4, -0.2) is 74.6 Å². The highest BCUT2D eigenvalue weighted by atomic mass is 16.5. The minimum absolute atomic E-state index is 0.0904. The Morgan fingerprint density at radius 2 is 1.88 bits per heavy atom. The van der Waals surface area contributed by atoms with Crippen LogP contribution in [0.25, 0.3) is 27.8 Å². The molecule has 0 saturated carbocycles. The van der Waals surface area contributed by atoms with E-state index in [1.54, 1.807) is 12.4 Å². The molecule has 1 saturated heterocycles. The number of H-pyrrole nitrogens is 1. The lowest BCUT2D eigenvalue weighted by Crippen LogP contribution is -2.48. The zero-order valence-electron chi connectivity index (χ0n) is 22.2. The number of imidazole rings is 1. The highest BCUT2D eigenvalue weighted by molar-refractivity contribution is 5.84. The summed E-state index contributed by atoms with van der Waals surface area (Å²) in [6.07, 6.45) is 8.60. The van der Waals surface area contributed by atoms with E-state index < -0.39 is 0 Å². The number of ether oxygens (including phenoxy) is 1. The van der Waals surface area contributed by atoms with Crippen LogP contribution < -0.4 is 10.2 Å². The fourth-order valence-corrected chi connectivity index (χ4v) is 5.00. The number of esters is 1. The number of aromatic nitrogens is 5. The van der Waals surface area contributed by atoms with E-state index in [1.165, 1.54) is 7.11 Å². The molecule has 1 fully saturated rings. The van der Waals surface area contributed by atoms with Gasteiger partial charge in [0.1, 0.15) is 0 Å². The summed E-state index contributed by atoms with van der Waals surface area (Å²) in [6, 6.07) is 14.3. The molecular weight excluding hydrogens is 508 g/mol. The molecule has 4 heterocycles. The van der Waals surface area contributed by atoms with Crippen molar-refractivity contribution in [2.24, 2.45) is 0 Å². The van der Waals surface area contributed by atoms with Crippen molar-refractivity contribution < 1.29 is 14.3 Å². The quantitative estimate of drug-likeness (QED) is 0.284. The number of methoxy groups -OCH3 is 1. The molecule has 1 amide bonds. The monoisotopic (exact) mass is 538 g/mol. The summed E-state index contributed by atoms with van der Waals surface area (Å²) in [5, 5.41) is 11.6. The third kappa shape index (κ3) is 5.31. The van der Waals surface area contributed by atoms with E-state index in [4.69, 9.17) is 4.98 Å². The lowest BCUT2D eigenvalue weighted by Gasteiger charge is -2.36. The van der Waals surface area contributed by atoms with Crippen LogP contribution in [0.1, 0.15) is 19.3 Å². The van der Waals surface area contributed by atoms with Gasteiger partial charge in [0.2, 0.25) is 5.91 Å². The Balaban J connectivity index is 1.11. The first-order valence-electron chi connectivity index (χ1n) is 13.3. The number of fused-ring (bicyclic) bond motifs is 2. The lowest BCUT2D eigenvalue weighted by molar-refractivity contribution is -0.140. The van der Waals surface area contributed by atoms with Crippen molar-refractivity contribution in [1.82, 2.24) is 29.5 Å². The summed E-state index contributed by atoms with van der Waals surface area (Å²) >= 11 is 0. The van der Waals surface area contributed by atoms with E-state index in [9.17, 15) is 9.59 Å². The van der Waals surface area contributed by atoms with Crippen molar-refractivity contribution in [3.8, 4) is 11.3 Å². The highest BCUT2D eigenvalue weighted by Gasteiger charge is 2.21. The second-order valence-electron chi connectivity index (χ2n) is 9.77. The highest BCUT2D eigenvalue weighted by Crippen LogP contribution is 2.27. The number of benzene rings is 2. The second-order valence-corrected chi connectivity index (χ2v) is 9.77. The van der Waals surface area contributed by atoms with E-state index in [-0.39, 0.29) is 18.3 Å². The molecule has 2 N–H and O–H groups in total. The zero-order chi connectivity index (χ0) is 27.5. The molecule has 1 aliphatic heterocycles. The third-order valence-corrected chi connectivity index (χ3v) is 7.24. The minimum Gasteiger partial charge on any atom is -0.469 e. The molecule has 5 aromatic rings. The molecule has 0 unspecified atom stereocenters. The van der Waals surface area contributed by atoms with Crippen molar-refractivity contribution in [3.63, 3.8) is 0 Å². The van der Waals surface area contributed by atoms with Gasteiger partial charge >= 0.3 is 5.97 Å². The smallest absolute Gasteiger partial charge is 0.305 e. The van der Waals surface area contributed by atoms with Crippen molar-refractivity contribution in [1.29, 1.82) is 0 Å². The number of amides is 1. The van der Waals surface area contributed by atoms with Crippen molar-refractivity contribution in [2.75, 3.05) is 43.5 Å². The van der Waals surface area contributed by atoms with Crippen molar-refractivity contribution >= 4 is 45.6 Å². The molecule has 0 radical (unpaired) electrons. The van der Waals surface area contributed by atoms with E-state index in [2.05, 4.69) is 42.3 Å². The number of piperazine rings is 1. The van der Waals surface area contributed by atoms with Gasteiger partial charge in [-0.15, -0.1) is 0 Å². The molecule has 11 nitrogen and oxygen atoms in total. The molecule has 6 rings (SSSR count). The van der Waals surface area contributed by atoms with E-state index in [0.29, 0.717) is 31.7 Å². The van der Waals surface area contributed by atoms with Gasteiger partial charge in [-0.25, -0.2) is 9.97 Å². The van der Waals surface area contributed by atoms with Gasteiger partial charge in [-0.3, -0.25) is 14.7 Å². The summed E-state index contributed by atoms with van der Waals surface area (Å²) < 4.78 is 6.61. The zero-order valence-corrected chi connectivity index (χ0v) is 22.2. The molecule has 11 heteroatoms. The summed E-state index contributed by atoms with van der Waals surface area (Å²) in [7, 11) is 1.36. The first-order valence-corrected chi connectivity index (χ1v) is 13.3. The lowest BCUT2D eigenvalue weighted by atomic mass is 10.1. The number of anilines is 3. The number of carbonyl (C=O) groups excluding carboxylic acids is 2. The number of carbonyl (C=O) groups is 2. The van der Waals surface area contributed by atoms with Crippen LogP contribution in [0.3, 0.4) is 0 Å². The maximum absolute atomic E-state index is 12.5. The maximum atomic E-state index is 12.5. The summed E-state index contributed by atoms with van der Waals surface area (Å²) in [5.41, 5.74) is 5.50. The fourth-order valence-electron chi connectivity index (χ4n) is 5.00. The molecule has 1 aliphatic rings. The fraction of sp³-hybridized carbons (Fsp3) is 0.276. The SMILES string of the molecule is COC(=O)CCCC(=O)N1CCN(c2ccc(Nc3nc(-c4ccc5cn[nH]c5c4)cn4ccnc34)cc2)CC1. The molecule has 204 valence electrons. The van der Waals surface area contributed by atoms with Gasteiger partial charge in [-0.2, -0.15) is 5.10 Å². The van der Waals surface area contributed by atoms with Gasteiger partial charge in [0.15, 0.2) is 11.5 Å². The topological polar surface area (TPSA) is 121 Å². The van der Waals surface area contributed by atoms with Crippen LogP contribution >= 0.6 is 0 Å². The molecule has 3 aromatic heterocycles. The predicted molar refractivity (Wildman–Crippen MR) is 152 cm³/mol.